The maximum Gasteiger partial charge on any atom is -0.0114 e. The summed E-state index contributed by atoms with van der Waals surface area (Å²) in [4.78, 5) is 0. The molecule has 0 fully saturated rings. The number of hydrogen-bond acceptors (Lipinski definition) is 0. The van der Waals surface area contributed by atoms with E-state index in [0.29, 0.717) is 0 Å². The topological polar surface area (TPSA) is 0 Å². The van der Waals surface area contributed by atoms with Crippen molar-refractivity contribution in [3.63, 3.8) is 0 Å². The molecule has 0 aliphatic heterocycles. The lowest BCUT2D eigenvalue weighted by Crippen LogP contribution is -1.96. The summed E-state index contributed by atoms with van der Waals surface area (Å²) in [6.45, 7) is 6.79. The second-order valence-corrected chi connectivity index (χ2v) is 5.11. The smallest absolute Gasteiger partial charge is 0.0114 e. The van der Waals surface area contributed by atoms with Crippen molar-refractivity contribution >= 4 is 0 Å². The molecule has 1 aromatic rings. The Bertz CT molecular complexity index is 286. The minimum absolute atomic E-state index is 0.728. The molecule has 89 valence electrons. The molecule has 0 aliphatic rings. The van der Waals surface area contributed by atoms with Crippen molar-refractivity contribution in [3.8, 4) is 0 Å². The summed E-state index contributed by atoms with van der Waals surface area (Å²) in [6.07, 6.45) is 7.71. The van der Waals surface area contributed by atoms with Gasteiger partial charge in [0.1, 0.15) is 0 Å². The molecule has 0 heterocycles. The van der Waals surface area contributed by atoms with Gasteiger partial charge in [-0.2, -0.15) is 0 Å². The first kappa shape index (κ1) is 13.3. The van der Waals surface area contributed by atoms with Gasteiger partial charge >= 0.3 is 0 Å². The Morgan fingerprint density at radius 1 is 1.06 bits per heavy atom. The second-order valence-electron chi connectivity index (χ2n) is 5.11. The van der Waals surface area contributed by atoms with Crippen LogP contribution < -0.4 is 0 Å². The zero-order valence-electron chi connectivity index (χ0n) is 11.1. The number of rotatable bonds is 7. The maximum atomic E-state index is 3.55. The van der Waals surface area contributed by atoms with Gasteiger partial charge < -0.3 is 0 Å². The van der Waals surface area contributed by atoms with Gasteiger partial charge in [0, 0.05) is 0 Å². The van der Waals surface area contributed by atoms with Crippen molar-refractivity contribution < 1.29 is 0 Å². The van der Waals surface area contributed by atoms with Crippen LogP contribution in [0.3, 0.4) is 0 Å². The van der Waals surface area contributed by atoms with Crippen LogP contribution in [0.5, 0.6) is 0 Å². The lowest BCUT2D eigenvalue weighted by molar-refractivity contribution is 0.643. The Labute approximate surface area is 101 Å². The van der Waals surface area contributed by atoms with E-state index in [0.717, 1.165) is 12.3 Å². The molecule has 0 unspecified atom stereocenters. The van der Waals surface area contributed by atoms with Crippen LogP contribution in [0, 0.1) is 12.0 Å². The van der Waals surface area contributed by atoms with E-state index >= 15 is 0 Å². The first-order valence-corrected chi connectivity index (χ1v) is 6.72. The molecule has 0 atom stereocenters. The maximum absolute atomic E-state index is 3.55. The highest BCUT2D eigenvalue weighted by atomic mass is 14.0. The van der Waals surface area contributed by atoms with Gasteiger partial charge in [-0.3, -0.25) is 0 Å². The third-order valence-electron chi connectivity index (χ3n) is 2.84. The fourth-order valence-corrected chi connectivity index (χ4v) is 2.02. The summed E-state index contributed by atoms with van der Waals surface area (Å²) in [5.74, 6) is 0.728. The van der Waals surface area contributed by atoms with Crippen LogP contribution in [0.15, 0.2) is 18.2 Å². The van der Waals surface area contributed by atoms with Gasteiger partial charge in [-0.15, -0.1) is 0 Å². The summed E-state index contributed by atoms with van der Waals surface area (Å²) < 4.78 is 0. The minimum Gasteiger partial charge on any atom is -0.0654 e. The van der Waals surface area contributed by atoms with Crippen LogP contribution in [0.4, 0.5) is 0 Å². The molecule has 0 N–H and O–H groups in total. The third-order valence-corrected chi connectivity index (χ3v) is 2.84. The van der Waals surface area contributed by atoms with Crippen LogP contribution in [0.1, 0.15) is 57.6 Å². The van der Waals surface area contributed by atoms with E-state index < -0.39 is 0 Å². The molecule has 0 nitrogen and oxygen atoms in total. The zero-order chi connectivity index (χ0) is 11.8. The van der Waals surface area contributed by atoms with Crippen molar-refractivity contribution in [1.82, 2.24) is 0 Å². The summed E-state index contributed by atoms with van der Waals surface area (Å²) >= 11 is 0. The Kier molecular flexibility index (Phi) is 6.22. The number of unbranched alkanes of at least 4 members (excludes halogenated alkanes) is 3. The first-order chi connectivity index (χ1) is 7.72. The molecule has 1 radical (unpaired) electrons. The van der Waals surface area contributed by atoms with Gasteiger partial charge in [0.15, 0.2) is 0 Å². The average Bonchev–Trinajstić information content (AvgIpc) is 2.24. The van der Waals surface area contributed by atoms with Gasteiger partial charge in [-0.25, -0.2) is 0 Å². The molecule has 0 amide bonds. The largest absolute Gasteiger partial charge is 0.0654 e. The van der Waals surface area contributed by atoms with Crippen LogP contribution in [0.25, 0.3) is 0 Å². The Morgan fingerprint density at radius 3 is 2.50 bits per heavy atom. The number of aryl methyl sites for hydroxylation is 1. The predicted octanol–water partition coefficient (Wildman–Crippen LogP) is 4.81. The van der Waals surface area contributed by atoms with Gasteiger partial charge in [0.05, 0.1) is 0 Å². The van der Waals surface area contributed by atoms with E-state index in [2.05, 4.69) is 45.0 Å². The molecule has 0 saturated carbocycles. The molecule has 16 heavy (non-hydrogen) atoms. The monoisotopic (exact) mass is 217 g/mol. The summed E-state index contributed by atoms with van der Waals surface area (Å²) in [5, 5.41) is 0. The standard InChI is InChI=1S/C16H25/c1-4-5-6-7-9-15-10-8-11-16(13-15)12-14(2)3/h8,10-11,14H,4-7,9,12H2,1-3H3. The van der Waals surface area contributed by atoms with Gasteiger partial charge in [0.25, 0.3) is 0 Å². The van der Waals surface area contributed by atoms with Crippen molar-refractivity contribution in [2.45, 2.75) is 59.3 Å². The molecule has 0 spiro atoms. The van der Waals surface area contributed by atoms with E-state index in [1.807, 2.05) is 0 Å². The zero-order valence-corrected chi connectivity index (χ0v) is 11.1. The van der Waals surface area contributed by atoms with Crippen molar-refractivity contribution in [2.24, 2.45) is 5.92 Å². The molecule has 0 saturated heterocycles. The highest BCUT2D eigenvalue weighted by Crippen LogP contribution is 2.12. The fraction of sp³-hybridized carbons (Fsp3) is 0.625. The number of hydrogen-bond donors (Lipinski definition) is 0. The molecule has 1 rings (SSSR count). The lowest BCUT2D eigenvalue weighted by Gasteiger charge is -2.06. The molecule has 0 aliphatic carbocycles. The molecule has 0 bridgehead atoms. The van der Waals surface area contributed by atoms with Crippen molar-refractivity contribution in [1.29, 1.82) is 0 Å². The van der Waals surface area contributed by atoms with E-state index in [1.165, 1.54) is 43.2 Å². The Balaban J connectivity index is 2.41. The molecular formula is C16H25. The molecule has 0 heteroatoms. The van der Waals surface area contributed by atoms with Gasteiger partial charge in [0.2, 0.25) is 0 Å². The lowest BCUT2D eigenvalue weighted by atomic mass is 9.99. The number of benzene rings is 1. The second kappa shape index (κ2) is 7.49. The first-order valence-electron chi connectivity index (χ1n) is 6.72. The van der Waals surface area contributed by atoms with Crippen LogP contribution in [-0.4, -0.2) is 0 Å². The third kappa shape index (κ3) is 5.34. The predicted molar refractivity (Wildman–Crippen MR) is 71.7 cm³/mol. The normalized spacial score (nSPS) is 11.0. The van der Waals surface area contributed by atoms with E-state index in [-0.39, 0.29) is 0 Å². The molecule has 0 aromatic heterocycles. The van der Waals surface area contributed by atoms with Gasteiger partial charge in [-0.1, -0.05) is 58.2 Å². The van der Waals surface area contributed by atoms with E-state index in [1.54, 1.807) is 0 Å². The Hall–Kier alpha value is -0.780. The summed E-state index contributed by atoms with van der Waals surface area (Å²) in [6, 6.07) is 10.2. The summed E-state index contributed by atoms with van der Waals surface area (Å²) in [5.41, 5.74) is 2.78. The Morgan fingerprint density at radius 2 is 1.81 bits per heavy atom. The fourth-order valence-electron chi connectivity index (χ4n) is 2.02. The van der Waals surface area contributed by atoms with Crippen LogP contribution in [-0.2, 0) is 12.8 Å². The SMILES string of the molecule is CCCCCCc1[c]c(CC(C)C)ccc1. The average molecular weight is 217 g/mol. The van der Waals surface area contributed by atoms with Gasteiger partial charge in [-0.05, 0) is 42.4 Å². The van der Waals surface area contributed by atoms with Crippen molar-refractivity contribution in [2.75, 3.05) is 0 Å². The van der Waals surface area contributed by atoms with E-state index in [4.69, 9.17) is 0 Å². The highest BCUT2D eigenvalue weighted by Gasteiger charge is 2.00. The highest BCUT2D eigenvalue weighted by molar-refractivity contribution is 5.22. The van der Waals surface area contributed by atoms with Crippen LogP contribution in [0.2, 0.25) is 0 Å². The summed E-state index contributed by atoms with van der Waals surface area (Å²) in [7, 11) is 0. The molecular weight excluding hydrogens is 192 g/mol. The van der Waals surface area contributed by atoms with Crippen molar-refractivity contribution in [3.05, 3.63) is 35.4 Å². The quantitative estimate of drug-likeness (QED) is 0.575. The molecule has 1 aromatic carbocycles. The van der Waals surface area contributed by atoms with Crippen LogP contribution >= 0.6 is 0 Å². The minimum atomic E-state index is 0.728. The van der Waals surface area contributed by atoms with E-state index in [9.17, 15) is 0 Å².